The molecule has 10 nitrogen and oxygen atoms in total. The number of halogens is 3. The molecular weight excluding hydrogens is 538 g/mol. The lowest BCUT2D eigenvalue weighted by atomic mass is 10.2. The van der Waals surface area contributed by atoms with Crippen LogP contribution >= 0.6 is 27.3 Å². The number of hydrogen-bond donors (Lipinski definition) is 3. The molecule has 34 heavy (non-hydrogen) atoms. The lowest BCUT2D eigenvalue weighted by molar-refractivity contribution is 0.0636. The Morgan fingerprint density at radius 3 is 2.74 bits per heavy atom. The number of aliphatic hydroxyl groups is 1. The number of rotatable bonds is 6. The molecule has 2 aromatic heterocycles. The summed E-state index contributed by atoms with van der Waals surface area (Å²) in [6.45, 7) is 5.43. The van der Waals surface area contributed by atoms with E-state index in [9.17, 15) is 23.5 Å². The van der Waals surface area contributed by atoms with Gasteiger partial charge in [0.15, 0.2) is 15.4 Å². The molecule has 3 N–H and O–H groups in total. The smallest absolute Gasteiger partial charge is 0.412 e. The van der Waals surface area contributed by atoms with Crippen LogP contribution < -0.4 is 15.5 Å². The van der Waals surface area contributed by atoms with Gasteiger partial charge in [0.25, 0.3) is 12.3 Å². The zero-order valence-electron chi connectivity index (χ0n) is 19.0. The van der Waals surface area contributed by atoms with Crippen LogP contribution in [0.4, 0.5) is 30.1 Å². The average Bonchev–Trinajstić information content (AvgIpc) is 3.17. The van der Waals surface area contributed by atoms with Crippen LogP contribution in [0.5, 0.6) is 0 Å². The van der Waals surface area contributed by atoms with Gasteiger partial charge in [-0.3, -0.25) is 10.1 Å². The number of carbonyl (C=O) groups excluding carboxylic acids is 2. The van der Waals surface area contributed by atoms with Crippen LogP contribution in [0.25, 0.3) is 0 Å². The van der Waals surface area contributed by atoms with Crippen molar-refractivity contribution < 1.29 is 28.2 Å². The van der Waals surface area contributed by atoms with Crippen molar-refractivity contribution in [3.8, 4) is 0 Å². The molecule has 0 saturated carbocycles. The molecular formula is C20H27BrF2N6O4S. The fourth-order valence-electron chi connectivity index (χ4n) is 3.47. The predicted octanol–water partition coefficient (Wildman–Crippen LogP) is 4.32. The Hall–Kier alpha value is -2.32. The van der Waals surface area contributed by atoms with Crippen LogP contribution in [0.1, 0.15) is 50.5 Å². The number of aromatic nitrogens is 3. The second kappa shape index (κ2) is 11.0. The summed E-state index contributed by atoms with van der Waals surface area (Å²) in [5.41, 5.74) is -0.570. The molecule has 1 saturated heterocycles. The van der Waals surface area contributed by atoms with E-state index in [1.165, 1.54) is 6.20 Å². The van der Waals surface area contributed by atoms with Crippen LogP contribution in [0.3, 0.4) is 0 Å². The van der Waals surface area contributed by atoms with Crippen LogP contribution in [0.15, 0.2) is 10.1 Å². The van der Waals surface area contributed by atoms with Gasteiger partial charge in [-0.25, -0.2) is 23.2 Å². The van der Waals surface area contributed by atoms with E-state index in [-0.39, 0.29) is 16.4 Å². The average molecular weight is 565 g/mol. The molecule has 1 fully saturated rings. The number of nitrogens with one attached hydrogen (secondary N) is 2. The van der Waals surface area contributed by atoms with Crippen molar-refractivity contribution in [2.75, 3.05) is 28.6 Å². The van der Waals surface area contributed by atoms with Gasteiger partial charge in [0.05, 0.1) is 12.3 Å². The van der Waals surface area contributed by atoms with E-state index in [0.717, 1.165) is 16.0 Å². The number of alkyl halides is 2. The summed E-state index contributed by atoms with van der Waals surface area (Å²) < 4.78 is 33.1. The van der Waals surface area contributed by atoms with E-state index in [1.807, 2.05) is 4.90 Å². The fraction of sp³-hybridized carbons (Fsp3) is 0.600. The number of carbonyl (C=O) groups is 2. The van der Waals surface area contributed by atoms with Gasteiger partial charge in [-0.2, -0.15) is 5.10 Å². The molecule has 1 atom stereocenters. The van der Waals surface area contributed by atoms with Crippen LogP contribution in [-0.4, -0.2) is 63.1 Å². The highest BCUT2D eigenvalue weighted by atomic mass is 79.9. The Labute approximate surface area is 207 Å². The number of hydrogen-bond acceptors (Lipinski definition) is 8. The maximum Gasteiger partial charge on any atom is 0.412 e. The zero-order valence-corrected chi connectivity index (χ0v) is 21.4. The number of aliphatic hydroxyl groups excluding tert-OH is 1. The van der Waals surface area contributed by atoms with E-state index < -0.39 is 36.7 Å². The van der Waals surface area contributed by atoms with Gasteiger partial charge in [-0.1, -0.05) is 11.3 Å². The molecule has 0 radical (unpaired) electrons. The van der Waals surface area contributed by atoms with Crippen LogP contribution in [0, 0.1) is 0 Å². The van der Waals surface area contributed by atoms with E-state index in [1.54, 1.807) is 20.8 Å². The molecule has 188 valence electrons. The predicted molar refractivity (Wildman–Crippen MR) is 128 cm³/mol. The Balaban J connectivity index is 1.85. The van der Waals surface area contributed by atoms with Crippen molar-refractivity contribution >= 4 is 55.8 Å². The van der Waals surface area contributed by atoms with Gasteiger partial charge < -0.3 is 20.1 Å². The number of thiazole rings is 1. The third-order valence-corrected chi connectivity index (χ3v) is 6.22. The Morgan fingerprint density at radius 1 is 1.32 bits per heavy atom. The normalized spacial score (nSPS) is 16.9. The highest BCUT2D eigenvalue weighted by molar-refractivity contribution is 9.11. The first-order valence-electron chi connectivity index (χ1n) is 10.7. The van der Waals surface area contributed by atoms with Gasteiger partial charge in [-0.15, -0.1) is 0 Å². The van der Waals surface area contributed by atoms with Crippen molar-refractivity contribution in [3.05, 3.63) is 15.8 Å². The van der Waals surface area contributed by atoms with Crippen LogP contribution in [-0.2, 0) is 11.3 Å². The molecule has 3 rings (SSSR count). The Morgan fingerprint density at radius 2 is 2.06 bits per heavy atom. The molecule has 14 heteroatoms. The molecule has 0 aromatic carbocycles. The van der Waals surface area contributed by atoms with E-state index in [2.05, 4.69) is 36.6 Å². The second-order valence-corrected chi connectivity index (χ2v) is 11.0. The highest BCUT2D eigenvalue weighted by Crippen LogP contribution is 2.32. The molecule has 2 amide bonds. The topological polar surface area (TPSA) is 122 Å². The van der Waals surface area contributed by atoms with Gasteiger partial charge in [0.2, 0.25) is 0 Å². The first kappa shape index (κ1) is 26.3. The monoisotopic (exact) mass is 564 g/mol. The third kappa shape index (κ3) is 7.09. The summed E-state index contributed by atoms with van der Waals surface area (Å²) in [7, 11) is 0. The van der Waals surface area contributed by atoms with Crippen molar-refractivity contribution in [3.63, 3.8) is 0 Å². The van der Waals surface area contributed by atoms with Crippen molar-refractivity contribution in [2.24, 2.45) is 0 Å². The molecule has 3 heterocycles. The number of nitrogens with zero attached hydrogens (tertiary/aromatic N) is 4. The summed E-state index contributed by atoms with van der Waals surface area (Å²) in [6, 6.07) is 0. The largest absolute Gasteiger partial charge is 0.444 e. The molecule has 0 spiro atoms. The first-order chi connectivity index (χ1) is 15.9. The Bertz CT molecular complexity index is 1030. The number of amides is 2. The Kier molecular flexibility index (Phi) is 8.47. The fourth-order valence-corrected chi connectivity index (χ4v) is 4.80. The first-order valence-corrected chi connectivity index (χ1v) is 12.3. The quantitative estimate of drug-likeness (QED) is 0.477. The van der Waals surface area contributed by atoms with E-state index in [4.69, 9.17) is 4.74 Å². The van der Waals surface area contributed by atoms with Gasteiger partial charge in [-0.05, 0) is 56.0 Å². The number of anilines is 3. The van der Waals surface area contributed by atoms with Crippen molar-refractivity contribution in [2.45, 2.75) is 64.7 Å². The SMILES string of the molecule is CC(C)(C)OC(=O)Nc1sc(Br)nc1C(=O)Nc1cnn(CC(F)F)c1N1CCC[C@@H](O)CC1. The summed E-state index contributed by atoms with van der Waals surface area (Å²) in [5, 5.41) is 19.4. The second-order valence-electron chi connectivity index (χ2n) is 8.75. The van der Waals surface area contributed by atoms with Crippen molar-refractivity contribution in [1.82, 2.24) is 14.8 Å². The minimum Gasteiger partial charge on any atom is -0.444 e. The minimum absolute atomic E-state index is 0.0680. The highest BCUT2D eigenvalue weighted by Gasteiger charge is 2.27. The minimum atomic E-state index is -2.64. The maximum absolute atomic E-state index is 13.2. The summed E-state index contributed by atoms with van der Waals surface area (Å²) in [6.07, 6.45) is -0.811. The van der Waals surface area contributed by atoms with Crippen molar-refractivity contribution in [1.29, 1.82) is 0 Å². The summed E-state index contributed by atoms with van der Waals surface area (Å²) in [4.78, 5) is 31.2. The standard InChI is InChI=1S/C20H27BrF2N6O4S/c1-20(2,3)33-19(32)27-16-14(26-18(21)34-16)15(31)25-12-9-24-29(10-13(22)23)17(12)28-7-4-5-11(30)6-8-28/h9,11,13,30H,4-8,10H2,1-3H3,(H,25,31)(H,27,32)/t11-/m1/s1. The van der Waals surface area contributed by atoms with Gasteiger partial charge in [0.1, 0.15) is 22.8 Å². The van der Waals surface area contributed by atoms with Gasteiger partial charge >= 0.3 is 6.09 Å². The molecule has 0 unspecified atom stereocenters. The molecule has 2 aromatic rings. The van der Waals surface area contributed by atoms with Gasteiger partial charge in [0, 0.05) is 13.1 Å². The zero-order chi connectivity index (χ0) is 25.0. The van der Waals surface area contributed by atoms with Crippen LogP contribution in [0.2, 0.25) is 0 Å². The summed E-state index contributed by atoms with van der Waals surface area (Å²) >= 11 is 4.25. The molecule has 0 aliphatic carbocycles. The van der Waals surface area contributed by atoms with E-state index in [0.29, 0.717) is 42.1 Å². The van der Waals surface area contributed by atoms with E-state index >= 15 is 0 Å². The third-order valence-electron chi connectivity index (χ3n) is 4.80. The molecule has 1 aliphatic rings. The molecule has 1 aliphatic heterocycles. The lowest BCUT2D eigenvalue weighted by Crippen LogP contribution is -2.29. The maximum atomic E-state index is 13.2. The lowest BCUT2D eigenvalue weighted by Gasteiger charge is -2.25. The number of ether oxygens (including phenoxy) is 1. The molecule has 0 bridgehead atoms. The summed E-state index contributed by atoms with van der Waals surface area (Å²) in [5.74, 6) is -0.320.